The fraction of sp³-hybridized carbons (Fsp3) is 0.273. The lowest BCUT2D eigenvalue weighted by Gasteiger charge is -1.95. The Morgan fingerprint density at radius 2 is 2.22 bits per heavy atom. The molecule has 3 rings (SSSR count). The van der Waals surface area contributed by atoms with Crippen molar-refractivity contribution in [3.63, 3.8) is 0 Å². The van der Waals surface area contributed by atoms with Crippen molar-refractivity contribution in [2.75, 3.05) is 5.73 Å². The van der Waals surface area contributed by atoms with Crippen molar-refractivity contribution in [2.24, 2.45) is 7.05 Å². The number of nitrogen functional groups attached to an aromatic ring is 1. The summed E-state index contributed by atoms with van der Waals surface area (Å²) >= 11 is 0. The average molecular weight is 243 g/mol. The highest BCUT2D eigenvalue weighted by Crippen LogP contribution is 2.21. The number of aromatic amines is 1. The van der Waals surface area contributed by atoms with Gasteiger partial charge in [-0.1, -0.05) is 6.92 Å². The lowest BCUT2D eigenvalue weighted by Crippen LogP contribution is -1.95. The monoisotopic (exact) mass is 243 g/mol. The quantitative estimate of drug-likeness (QED) is 0.696. The molecule has 3 N–H and O–H groups in total. The summed E-state index contributed by atoms with van der Waals surface area (Å²) in [5.74, 6) is 1.10. The fourth-order valence-corrected chi connectivity index (χ4v) is 1.89. The van der Waals surface area contributed by atoms with Gasteiger partial charge in [0, 0.05) is 7.05 Å². The van der Waals surface area contributed by atoms with Gasteiger partial charge in [-0.3, -0.25) is 4.68 Å². The standard InChI is InChI=1S/C11H13N7/c1-3-6-4-7(18(2)17-6)10-15-8-9(12)13-5-14-11(8)16-10/h4-5H,3H2,1-2H3,(H3,12,13,14,15,16). The number of rotatable bonds is 2. The van der Waals surface area contributed by atoms with Crippen LogP contribution in [0.3, 0.4) is 0 Å². The van der Waals surface area contributed by atoms with Gasteiger partial charge in [0.15, 0.2) is 17.3 Å². The Morgan fingerprint density at radius 3 is 2.89 bits per heavy atom. The molecule has 3 heterocycles. The number of hydrogen-bond acceptors (Lipinski definition) is 5. The van der Waals surface area contributed by atoms with E-state index in [9.17, 15) is 0 Å². The zero-order valence-corrected chi connectivity index (χ0v) is 10.2. The number of hydrogen-bond donors (Lipinski definition) is 2. The van der Waals surface area contributed by atoms with E-state index in [1.54, 1.807) is 4.68 Å². The third-order valence-corrected chi connectivity index (χ3v) is 2.85. The van der Waals surface area contributed by atoms with Crippen molar-refractivity contribution >= 4 is 17.0 Å². The Bertz CT molecular complexity index is 709. The predicted molar refractivity (Wildman–Crippen MR) is 67.7 cm³/mol. The number of aryl methyl sites for hydroxylation is 2. The largest absolute Gasteiger partial charge is 0.382 e. The summed E-state index contributed by atoms with van der Waals surface area (Å²) in [5, 5.41) is 4.39. The molecule has 3 aromatic heterocycles. The number of fused-ring (bicyclic) bond motifs is 1. The highest BCUT2D eigenvalue weighted by atomic mass is 15.3. The first kappa shape index (κ1) is 10.7. The predicted octanol–water partition coefficient (Wildman–Crippen LogP) is 0.898. The Kier molecular flexibility index (Phi) is 2.26. The topological polar surface area (TPSA) is 98.3 Å². The first-order chi connectivity index (χ1) is 8.69. The summed E-state index contributed by atoms with van der Waals surface area (Å²) in [6.07, 6.45) is 2.29. The minimum atomic E-state index is 0.400. The summed E-state index contributed by atoms with van der Waals surface area (Å²) in [6, 6.07) is 2.00. The van der Waals surface area contributed by atoms with E-state index in [1.165, 1.54) is 6.33 Å². The van der Waals surface area contributed by atoms with Crippen LogP contribution in [0.25, 0.3) is 22.7 Å². The number of aromatic nitrogens is 6. The Balaban J connectivity index is 2.19. The number of imidazole rings is 1. The molecule has 0 spiro atoms. The van der Waals surface area contributed by atoms with Crippen molar-refractivity contribution in [2.45, 2.75) is 13.3 Å². The van der Waals surface area contributed by atoms with E-state index < -0.39 is 0 Å². The average Bonchev–Trinajstić information content (AvgIpc) is 2.93. The van der Waals surface area contributed by atoms with Crippen LogP contribution in [-0.2, 0) is 13.5 Å². The van der Waals surface area contributed by atoms with E-state index in [0.717, 1.165) is 17.8 Å². The maximum Gasteiger partial charge on any atom is 0.183 e. The van der Waals surface area contributed by atoms with Crippen LogP contribution in [0.15, 0.2) is 12.4 Å². The van der Waals surface area contributed by atoms with E-state index >= 15 is 0 Å². The van der Waals surface area contributed by atoms with Crippen LogP contribution < -0.4 is 5.73 Å². The highest BCUT2D eigenvalue weighted by molar-refractivity contribution is 5.83. The highest BCUT2D eigenvalue weighted by Gasteiger charge is 2.13. The molecule has 7 nitrogen and oxygen atoms in total. The molecule has 92 valence electrons. The van der Waals surface area contributed by atoms with Crippen LogP contribution in [0, 0.1) is 0 Å². The molecule has 18 heavy (non-hydrogen) atoms. The molecule has 3 aromatic rings. The van der Waals surface area contributed by atoms with Gasteiger partial charge in [0.2, 0.25) is 0 Å². The summed E-state index contributed by atoms with van der Waals surface area (Å²) in [7, 11) is 1.89. The molecule has 0 saturated heterocycles. The van der Waals surface area contributed by atoms with Crippen LogP contribution in [0.2, 0.25) is 0 Å². The van der Waals surface area contributed by atoms with Gasteiger partial charge in [0.05, 0.1) is 5.69 Å². The van der Waals surface area contributed by atoms with Crippen LogP contribution >= 0.6 is 0 Å². The second-order valence-electron chi connectivity index (χ2n) is 4.04. The van der Waals surface area contributed by atoms with Gasteiger partial charge in [0.25, 0.3) is 0 Å². The third kappa shape index (κ3) is 1.52. The molecule has 0 aliphatic carbocycles. The Morgan fingerprint density at radius 1 is 1.39 bits per heavy atom. The molecule has 0 radical (unpaired) electrons. The molecule has 0 atom stereocenters. The van der Waals surface area contributed by atoms with Gasteiger partial charge in [-0.2, -0.15) is 5.10 Å². The van der Waals surface area contributed by atoms with E-state index in [4.69, 9.17) is 5.73 Å². The van der Waals surface area contributed by atoms with E-state index in [-0.39, 0.29) is 0 Å². The number of nitrogens with zero attached hydrogens (tertiary/aromatic N) is 5. The summed E-state index contributed by atoms with van der Waals surface area (Å²) in [6.45, 7) is 2.06. The van der Waals surface area contributed by atoms with Crippen molar-refractivity contribution in [3.05, 3.63) is 18.1 Å². The summed E-state index contributed by atoms with van der Waals surface area (Å²) in [4.78, 5) is 15.6. The Labute approximate surface area is 103 Å². The second-order valence-corrected chi connectivity index (χ2v) is 4.04. The van der Waals surface area contributed by atoms with Crippen LogP contribution in [-0.4, -0.2) is 29.7 Å². The number of nitrogens with one attached hydrogen (secondary N) is 1. The lowest BCUT2D eigenvalue weighted by atomic mass is 10.3. The maximum absolute atomic E-state index is 5.77. The van der Waals surface area contributed by atoms with Gasteiger partial charge < -0.3 is 10.7 Å². The zero-order valence-electron chi connectivity index (χ0n) is 10.2. The van der Waals surface area contributed by atoms with Crippen molar-refractivity contribution < 1.29 is 0 Å². The van der Waals surface area contributed by atoms with Crippen LogP contribution in [0.1, 0.15) is 12.6 Å². The molecule has 0 bridgehead atoms. The summed E-state index contributed by atoms with van der Waals surface area (Å²) < 4.78 is 1.79. The normalized spacial score (nSPS) is 11.2. The lowest BCUT2D eigenvalue weighted by molar-refractivity contribution is 0.749. The van der Waals surface area contributed by atoms with Gasteiger partial charge in [-0.25, -0.2) is 15.0 Å². The number of anilines is 1. The first-order valence-electron chi connectivity index (χ1n) is 5.68. The molecule has 0 aliphatic heterocycles. The first-order valence-corrected chi connectivity index (χ1v) is 5.68. The maximum atomic E-state index is 5.77. The molecule has 0 fully saturated rings. The smallest absolute Gasteiger partial charge is 0.183 e. The second kappa shape index (κ2) is 3.80. The van der Waals surface area contributed by atoms with E-state index in [2.05, 4.69) is 32.0 Å². The van der Waals surface area contributed by atoms with E-state index in [1.807, 2.05) is 13.1 Å². The van der Waals surface area contributed by atoms with E-state index in [0.29, 0.717) is 22.8 Å². The Hall–Kier alpha value is -2.44. The van der Waals surface area contributed by atoms with Gasteiger partial charge in [-0.15, -0.1) is 0 Å². The molecule has 7 heteroatoms. The molecular formula is C11H13N7. The van der Waals surface area contributed by atoms with Crippen molar-refractivity contribution in [3.8, 4) is 11.5 Å². The molecule has 0 aromatic carbocycles. The SMILES string of the molecule is CCc1cc(-c2nc3ncnc(N)c3[nH]2)n(C)n1. The summed E-state index contributed by atoms with van der Waals surface area (Å²) in [5.41, 5.74) is 8.92. The van der Waals surface area contributed by atoms with Gasteiger partial charge in [-0.05, 0) is 12.5 Å². The molecular weight excluding hydrogens is 230 g/mol. The van der Waals surface area contributed by atoms with Crippen molar-refractivity contribution in [1.29, 1.82) is 0 Å². The molecule has 0 saturated carbocycles. The van der Waals surface area contributed by atoms with Crippen molar-refractivity contribution in [1.82, 2.24) is 29.7 Å². The fourth-order valence-electron chi connectivity index (χ4n) is 1.89. The van der Waals surface area contributed by atoms with Gasteiger partial charge >= 0.3 is 0 Å². The third-order valence-electron chi connectivity index (χ3n) is 2.85. The minimum absolute atomic E-state index is 0.400. The van der Waals surface area contributed by atoms with Crippen LogP contribution in [0.5, 0.6) is 0 Å². The van der Waals surface area contributed by atoms with Gasteiger partial charge in [0.1, 0.15) is 17.5 Å². The number of nitrogens with two attached hydrogens (primary N) is 1. The minimum Gasteiger partial charge on any atom is -0.382 e. The zero-order chi connectivity index (χ0) is 12.7. The molecule has 0 amide bonds. The molecule has 0 unspecified atom stereocenters. The molecule has 0 aliphatic rings. The van der Waals surface area contributed by atoms with Crippen LogP contribution in [0.4, 0.5) is 5.82 Å². The number of H-pyrrole nitrogens is 1.